The van der Waals surface area contributed by atoms with E-state index in [1.807, 2.05) is 25.1 Å². The average Bonchev–Trinajstić information content (AvgIpc) is 2.45. The van der Waals surface area contributed by atoms with Crippen molar-refractivity contribution in [3.05, 3.63) is 35.5 Å². The standard InChI is InChI=1S/C15H17NO3/c1-4-10-7-6-8-11-13(19-5-2)9-12(15(17)18-3)16-14(10)11/h6-9H,4-5H2,1-3H3. The van der Waals surface area contributed by atoms with Crippen molar-refractivity contribution in [3.8, 4) is 5.75 Å². The topological polar surface area (TPSA) is 48.4 Å². The van der Waals surface area contributed by atoms with Crippen molar-refractivity contribution in [1.29, 1.82) is 0 Å². The van der Waals surface area contributed by atoms with Gasteiger partial charge in [-0.1, -0.05) is 19.1 Å². The third-order valence-electron chi connectivity index (χ3n) is 2.96. The minimum absolute atomic E-state index is 0.277. The van der Waals surface area contributed by atoms with E-state index in [9.17, 15) is 4.79 Å². The van der Waals surface area contributed by atoms with Crippen LogP contribution >= 0.6 is 0 Å². The average molecular weight is 259 g/mol. The molecular weight excluding hydrogens is 242 g/mol. The van der Waals surface area contributed by atoms with Crippen molar-refractivity contribution in [2.75, 3.05) is 13.7 Å². The second-order valence-electron chi connectivity index (χ2n) is 4.10. The number of para-hydroxylation sites is 1. The molecule has 0 spiro atoms. The van der Waals surface area contributed by atoms with E-state index in [1.54, 1.807) is 6.07 Å². The zero-order valence-electron chi connectivity index (χ0n) is 11.4. The molecule has 0 aliphatic heterocycles. The van der Waals surface area contributed by atoms with Gasteiger partial charge in [0.1, 0.15) is 5.75 Å². The quantitative estimate of drug-likeness (QED) is 0.792. The van der Waals surface area contributed by atoms with Crippen molar-refractivity contribution < 1.29 is 14.3 Å². The summed E-state index contributed by atoms with van der Waals surface area (Å²) < 4.78 is 10.3. The molecule has 0 unspecified atom stereocenters. The first kappa shape index (κ1) is 13.3. The van der Waals surface area contributed by atoms with E-state index in [0.29, 0.717) is 12.4 Å². The van der Waals surface area contributed by atoms with E-state index in [0.717, 1.165) is 22.9 Å². The summed E-state index contributed by atoms with van der Waals surface area (Å²) in [5, 5.41) is 0.925. The second kappa shape index (κ2) is 5.69. The zero-order chi connectivity index (χ0) is 13.8. The van der Waals surface area contributed by atoms with E-state index >= 15 is 0 Å². The molecule has 0 fully saturated rings. The summed E-state index contributed by atoms with van der Waals surface area (Å²) in [5.74, 6) is 0.219. The molecule has 2 aromatic rings. The lowest BCUT2D eigenvalue weighted by atomic mass is 10.1. The molecule has 0 saturated carbocycles. The van der Waals surface area contributed by atoms with Crippen LogP contribution < -0.4 is 4.74 Å². The molecule has 0 aliphatic rings. The Balaban J connectivity index is 2.72. The van der Waals surface area contributed by atoms with Gasteiger partial charge in [-0.15, -0.1) is 0 Å². The van der Waals surface area contributed by atoms with Gasteiger partial charge in [0.15, 0.2) is 5.69 Å². The molecule has 4 heteroatoms. The SMILES string of the molecule is CCOc1cc(C(=O)OC)nc2c(CC)cccc12. The highest BCUT2D eigenvalue weighted by Gasteiger charge is 2.14. The molecule has 1 heterocycles. The second-order valence-corrected chi connectivity index (χ2v) is 4.10. The van der Waals surface area contributed by atoms with Crippen molar-refractivity contribution >= 4 is 16.9 Å². The fourth-order valence-corrected chi connectivity index (χ4v) is 2.05. The van der Waals surface area contributed by atoms with Crippen LogP contribution in [0.2, 0.25) is 0 Å². The molecule has 1 aromatic heterocycles. The predicted molar refractivity (Wildman–Crippen MR) is 73.6 cm³/mol. The summed E-state index contributed by atoms with van der Waals surface area (Å²) >= 11 is 0. The first-order chi connectivity index (χ1) is 9.21. The van der Waals surface area contributed by atoms with E-state index in [2.05, 4.69) is 11.9 Å². The molecule has 0 bridgehead atoms. The molecule has 0 radical (unpaired) electrons. The maximum Gasteiger partial charge on any atom is 0.356 e. The summed E-state index contributed by atoms with van der Waals surface area (Å²) in [6.07, 6.45) is 0.848. The Morgan fingerprint density at radius 3 is 2.74 bits per heavy atom. The lowest BCUT2D eigenvalue weighted by molar-refractivity contribution is 0.0594. The molecule has 1 aromatic carbocycles. The van der Waals surface area contributed by atoms with Gasteiger partial charge in [-0.25, -0.2) is 9.78 Å². The third kappa shape index (κ3) is 2.52. The van der Waals surface area contributed by atoms with Crippen LogP contribution in [0.5, 0.6) is 5.75 Å². The first-order valence-corrected chi connectivity index (χ1v) is 6.35. The van der Waals surface area contributed by atoms with Crippen LogP contribution in [0.15, 0.2) is 24.3 Å². The van der Waals surface area contributed by atoms with Crippen LogP contribution in [-0.4, -0.2) is 24.7 Å². The summed E-state index contributed by atoms with van der Waals surface area (Å²) in [6.45, 7) is 4.51. The molecule has 100 valence electrons. The molecular formula is C15H17NO3. The highest BCUT2D eigenvalue weighted by Crippen LogP contribution is 2.28. The summed E-state index contributed by atoms with van der Waals surface area (Å²) in [5.41, 5.74) is 2.17. The van der Waals surface area contributed by atoms with Crippen LogP contribution in [0.3, 0.4) is 0 Å². The zero-order valence-corrected chi connectivity index (χ0v) is 11.4. The molecule has 0 aliphatic carbocycles. The van der Waals surface area contributed by atoms with Gasteiger partial charge in [0.05, 0.1) is 19.2 Å². The number of benzene rings is 1. The number of methoxy groups -OCH3 is 1. The number of carbonyl (C=O) groups excluding carboxylic acids is 1. The lowest BCUT2D eigenvalue weighted by Crippen LogP contribution is -2.06. The Kier molecular flexibility index (Phi) is 4.00. The Morgan fingerprint density at radius 1 is 1.32 bits per heavy atom. The number of esters is 1. The van der Waals surface area contributed by atoms with Crippen LogP contribution in [0.25, 0.3) is 10.9 Å². The number of pyridine rings is 1. The van der Waals surface area contributed by atoms with Gasteiger partial charge in [0.25, 0.3) is 0 Å². The Hall–Kier alpha value is -2.10. The van der Waals surface area contributed by atoms with Gasteiger partial charge >= 0.3 is 5.97 Å². The number of rotatable bonds is 4. The predicted octanol–water partition coefficient (Wildman–Crippen LogP) is 2.98. The van der Waals surface area contributed by atoms with Gasteiger partial charge in [-0.05, 0) is 25.0 Å². The molecule has 0 amide bonds. The van der Waals surface area contributed by atoms with Crippen molar-refractivity contribution in [2.24, 2.45) is 0 Å². The Bertz CT molecular complexity index is 608. The molecule has 0 saturated heterocycles. The third-order valence-corrected chi connectivity index (χ3v) is 2.96. The minimum atomic E-state index is -0.450. The largest absolute Gasteiger partial charge is 0.493 e. The minimum Gasteiger partial charge on any atom is -0.493 e. The maximum absolute atomic E-state index is 11.7. The van der Waals surface area contributed by atoms with E-state index in [1.165, 1.54) is 7.11 Å². The number of nitrogens with zero attached hydrogens (tertiary/aromatic N) is 1. The molecule has 2 rings (SSSR count). The molecule has 4 nitrogen and oxygen atoms in total. The summed E-state index contributed by atoms with van der Waals surface area (Å²) in [4.78, 5) is 16.1. The number of carbonyl (C=O) groups is 1. The van der Waals surface area contributed by atoms with Gasteiger partial charge in [0, 0.05) is 11.5 Å². The number of aromatic nitrogens is 1. The van der Waals surface area contributed by atoms with Crippen LogP contribution in [0.4, 0.5) is 0 Å². The van der Waals surface area contributed by atoms with Gasteiger partial charge in [0.2, 0.25) is 0 Å². The number of hydrogen-bond donors (Lipinski definition) is 0. The fraction of sp³-hybridized carbons (Fsp3) is 0.333. The monoisotopic (exact) mass is 259 g/mol. The number of ether oxygens (including phenoxy) is 2. The van der Waals surface area contributed by atoms with Crippen LogP contribution in [-0.2, 0) is 11.2 Å². The van der Waals surface area contributed by atoms with Gasteiger partial charge in [-0.2, -0.15) is 0 Å². The van der Waals surface area contributed by atoms with Gasteiger partial charge in [-0.3, -0.25) is 0 Å². The number of hydrogen-bond acceptors (Lipinski definition) is 4. The van der Waals surface area contributed by atoms with Crippen molar-refractivity contribution in [3.63, 3.8) is 0 Å². The fourth-order valence-electron chi connectivity index (χ4n) is 2.05. The van der Waals surface area contributed by atoms with E-state index in [4.69, 9.17) is 9.47 Å². The van der Waals surface area contributed by atoms with Gasteiger partial charge < -0.3 is 9.47 Å². The molecule has 19 heavy (non-hydrogen) atoms. The highest BCUT2D eigenvalue weighted by atomic mass is 16.5. The Morgan fingerprint density at radius 2 is 2.11 bits per heavy atom. The smallest absolute Gasteiger partial charge is 0.356 e. The first-order valence-electron chi connectivity index (χ1n) is 6.35. The molecule has 0 atom stereocenters. The summed E-state index contributed by atoms with van der Waals surface area (Å²) in [7, 11) is 1.35. The number of aryl methyl sites for hydroxylation is 1. The van der Waals surface area contributed by atoms with Crippen molar-refractivity contribution in [2.45, 2.75) is 20.3 Å². The van der Waals surface area contributed by atoms with E-state index < -0.39 is 5.97 Å². The Labute approximate surface area is 112 Å². The summed E-state index contributed by atoms with van der Waals surface area (Å²) in [6, 6.07) is 7.57. The van der Waals surface area contributed by atoms with Crippen LogP contribution in [0.1, 0.15) is 29.9 Å². The lowest BCUT2D eigenvalue weighted by Gasteiger charge is -2.11. The van der Waals surface area contributed by atoms with Crippen molar-refractivity contribution in [1.82, 2.24) is 4.98 Å². The number of fused-ring (bicyclic) bond motifs is 1. The maximum atomic E-state index is 11.7. The highest BCUT2D eigenvalue weighted by molar-refractivity contribution is 5.95. The van der Waals surface area contributed by atoms with Crippen LogP contribution in [0, 0.1) is 0 Å². The molecule has 0 N–H and O–H groups in total. The van der Waals surface area contributed by atoms with E-state index in [-0.39, 0.29) is 5.69 Å². The normalized spacial score (nSPS) is 10.5.